The Morgan fingerprint density at radius 1 is 0.946 bits per heavy atom. The highest BCUT2D eigenvalue weighted by Gasteiger charge is 2.36. The Kier molecular flexibility index (Phi) is 7.01. The molecule has 3 aromatic carbocycles. The molecule has 0 saturated heterocycles. The van der Waals surface area contributed by atoms with Gasteiger partial charge in [0.25, 0.3) is 0 Å². The minimum atomic E-state index is -1.02. The van der Waals surface area contributed by atoms with Gasteiger partial charge >= 0.3 is 5.97 Å². The van der Waals surface area contributed by atoms with E-state index in [1.807, 2.05) is 96.7 Å². The SMILES string of the molecule is Cc1ccc(-c2nn(-c3ccccc3)cc2C2CC(c3ccc(Br)cc3)=NN2C(=O)CCC(=O)O)cc1. The summed E-state index contributed by atoms with van der Waals surface area (Å²) in [7, 11) is 0. The van der Waals surface area contributed by atoms with Crippen molar-refractivity contribution in [2.75, 3.05) is 0 Å². The van der Waals surface area contributed by atoms with E-state index in [1.165, 1.54) is 5.01 Å². The molecule has 5 rings (SSSR count). The molecule has 0 radical (unpaired) electrons. The van der Waals surface area contributed by atoms with Crippen LogP contribution in [0, 0.1) is 6.92 Å². The quantitative estimate of drug-likeness (QED) is 0.295. The molecule has 7 nitrogen and oxygen atoms in total. The number of hydrogen-bond acceptors (Lipinski definition) is 4. The van der Waals surface area contributed by atoms with Crippen molar-refractivity contribution in [3.05, 3.63) is 106 Å². The second-order valence-corrected chi connectivity index (χ2v) is 9.90. The van der Waals surface area contributed by atoms with Crippen LogP contribution in [0.4, 0.5) is 0 Å². The van der Waals surface area contributed by atoms with E-state index >= 15 is 0 Å². The van der Waals surface area contributed by atoms with E-state index in [-0.39, 0.29) is 18.7 Å². The monoisotopic (exact) mass is 556 g/mol. The average Bonchev–Trinajstić information content (AvgIpc) is 3.54. The van der Waals surface area contributed by atoms with E-state index in [1.54, 1.807) is 0 Å². The highest BCUT2D eigenvalue weighted by Crippen LogP contribution is 2.39. The van der Waals surface area contributed by atoms with Gasteiger partial charge in [0.1, 0.15) is 0 Å². The van der Waals surface area contributed by atoms with E-state index in [0.717, 1.165) is 43.8 Å². The molecular weight excluding hydrogens is 532 g/mol. The maximum Gasteiger partial charge on any atom is 0.303 e. The number of hydrazone groups is 1. The fourth-order valence-electron chi connectivity index (χ4n) is 4.41. The predicted molar refractivity (Wildman–Crippen MR) is 145 cm³/mol. The van der Waals surface area contributed by atoms with Gasteiger partial charge in [0.15, 0.2) is 0 Å². The summed E-state index contributed by atoms with van der Waals surface area (Å²) < 4.78 is 2.77. The number of carbonyl (C=O) groups is 2. The van der Waals surface area contributed by atoms with Crippen LogP contribution in [0.15, 0.2) is 94.6 Å². The first-order chi connectivity index (χ1) is 17.9. The average molecular weight is 557 g/mol. The van der Waals surface area contributed by atoms with Gasteiger partial charge in [-0.2, -0.15) is 10.2 Å². The van der Waals surface area contributed by atoms with Crippen molar-refractivity contribution in [1.29, 1.82) is 0 Å². The van der Waals surface area contributed by atoms with Crippen LogP contribution in [0.1, 0.15) is 42.0 Å². The Hall–Kier alpha value is -4.04. The zero-order valence-electron chi connectivity index (χ0n) is 20.2. The van der Waals surface area contributed by atoms with E-state index in [4.69, 9.17) is 15.3 Å². The van der Waals surface area contributed by atoms with Crippen molar-refractivity contribution < 1.29 is 14.7 Å². The number of carboxylic acid groups (broad SMARTS) is 1. The molecule has 1 aliphatic heterocycles. The number of aryl methyl sites for hydroxylation is 1. The van der Waals surface area contributed by atoms with Crippen molar-refractivity contribution >= 4 is 33.5 Å². The summed E-state index contributed by atoms with van der Waals surface area (Å²) in [6.45, 7) is 2.03. The molecule has 8 heteroatoms. The molecule has 2 heterocycles. The number of para-hydroxylation sites is 1. The van der Waals surface area contributed by atoms with Crippen molar-refractivity contribution in [1.82, 2.24) is 14.8 Å². The van der Waals surface area contributed by atoms with Crippen molar-refractivity contribution in [3.63, 3.8) is 0 Å². The Bertz CT molecular complexity index is 1460. The molecule has 4 aromatic rings. The highest BCUT2D eigenvalue weighted by molar-refractivity contribution is 9.10. The van der Waals surface area contributed by atoms with E-state index < -0.39 is 12.0 Å². The Morgan fingerprint density at radius 2 is 1.62 bits per heavy atom. The Labute approximate surface area is 223 Å². The lowest BCUT2D eigenvalue weighted by Crippen LogP contribution is -2.27. The summed E-state index contributed by atoms with van der Waals surface area (Å²) in [4.78, 5) is 24.4. The summed E-state index contributed by atoms with van der Waals surface area (Å²) in [6.07, 6.45) is 2.06. The second kappa shape index (κ2) is 10.5. The van der Waals surface area contributed by atoms with E-state index in [0.29, 0.717) is 6.42 Å². The van der Waals surface area contributed by atoms with Gasteiger partial charge in [-0.15, -0.1) is 0 Å². The highest BCUT2D eigenvalue weighted by atomic mass is 79.9. The van der Waals surface area contributed by atoms with Crippen molar-refractivity contribution in [3.8, 4) is 16.9 Å². The topological polar surface area (TPSA) is 87.8 Å². The zero-order chi connectivity index (χ0) is 25.9. The number of carbonyl (C=O) groups excluding carboxylic acids is 1. The largest absolute Gasteiger partial charge is 0.481 e. The third-order valence-corrected chi connectivity index (χ3v) is 6.87. The van der Waals surface area contributed by atoms with Crippen LogP contribution in [0.25, 0.3) is 16.9 Å². The number of halogens is 1. The molecule has 1 aliphatic rings. The lowest BCUT2D eigenvalue weighted by molar-refractivity contribution is -0.141. The molecule has 37 heavy (non-hydrogen) atoms. The molecule has 0 aliphatic carbocycles. The predicted octanol–water partition coefficient (Wildman–Crippen LogP) is 6.15. The summed E-state index contributed by atoms with van der Waals surface area (Å²) in [5.74, 6) is -1.35. The van der Waals surface area contributed by atoms with Gasteiger partial charge in [0.2, 0.25) is 5.91 Å². The van der Waals surface area contributed by atoms with Crippen LogP contribution in [0.5, 0.6) is 0 Å². The van der Waals surface area contributed by atoms with Gasteiger partial charge in [-0.3, -0.25) is 9.59 Å². The normalized spacial score (nSPS) is 15.0. The van der Waals surface area contributed by atoms with Crippen LogP contribution >= 0.6 is 15.9 Å². The minimum absolute atomic E-state index is 0.129. The molecule has 0 fully saturated rings. The van der Waals surface area contributed by atoms with Gasteiger partial charge in [0.05, 0.1) is 29.6 Å². The van der Waals surface area contributed by atoms with Gasteiger partial charge in [-0.1, -0.05) is 76.1 Å². The van der Waals surface area contributed by atoms with E-state index in [2.05, 4.69) is 15.9 Å². The zero-order valence-corrected chi connectivity index (χ0v) is 21.8. The molecule has 1 N–H and O–H groups in total. The first-order valence-electron chi connectivity index (χ1n) is 12.0. The van der Waals surface area contributed by atoms with Crippen LogP contribution < -0.4 is 0 Å². The number of aromatic nitrogens is 2. The smallest absolute Gasteiger partial charge is 0.303 e. The number of benzene rings is 3. The van der Waals surface area contributed by atoms with Gasteiger partial charge < -0.3 is 5.11 Å². The molecule has 186 valence electrons. The molecule has 1 atom stereocenters. The third-order valence-electron chi connectivity index (χ3n) is 6.34. The molecular formula is C29H25BrN4O3. The number of amides is 1. The second-order valence-electron chi connectivity index (χ2n) is 8.98. The fraction of sp³-hybridized carbons (Fsp3) is 0.172. The number of hydrogen-bond donors (Lipinski definition) is 1. The maximum atomic E-state index is 13.3. The first-order valence-corrected chi connectivity index (χ1v) is 12.8. The number of nitrogens with zero attached hydrogens (tertiary/aromatic N) is 4. The number of rotatable bonds is 7. The lowest BCUT2D eigenvalue weighted by Gasteiger charge is -2.21. The molecule has 1 amide bonds. The molecule has 0 saturated carbocycles. The number of aliphatic carboxylic acids is 1. The van der Waals surface area contributed by atoms with Gasteiger partial charge in [-0.25, -0.2) is 9.69 Å². The van der Waals surface area contributed by atoms with E-state index in [9.17, 15) is 9.59 Å². The van der Waals surface area contributed by atoms with Crippen molar-refractivity contribution in [2.24, 2.45) is 5.10 Å². The summed E-state index contributed by atoms with van der Waals surface area (Å²) in [6, 6.07) is 25.3. The van der Waals surface area contributed by atoms with Crippen LogP contribution in [0.3, 0.4) is 0 Å². The van der Waals surface area contributed by atoms with Crippen LogP contribution in [-0.4, -0.2) is 37.5 Å². The Morgan fingerprint density at radius 3 is 2.30 bits per heavy atom. The maximum absolute atomic E-state index is 13.3. The summed E-state index contributed by atoms with van der Waals surface area (Å²) in [5.41, 5.74) is 6.27. The molecule has 1 aromatic heterocycles. The van der Waals surface area contributed by atoms with Gasteiger partial charge in [0, 0.05) is 34.6 Å². The molecule has 0 bridgehead atoms. The first kappa shape index (κ1) is 24.6. The van der Waals surface area contributed by atoms with Gasteiger partial charge in [-0.05, 0) is 36.8 Å². The van der Waals surface area contributed by atoms with Crippen molar-refractivity contribution in [2.45, 2.75) is 32.2 Å². The summed E-state index contributed by atoms with van der Waals surface area (Å²) >= 11 is 3.47. The summed E-state index contributed by atoms with van der Waals surface area (Å²) in [5, 5.41) is 20.3. The van der Waals surface area contributed by atoms with Crippen LogP contribution in [0.2, 0.25) is 0 Å². The number of carboxylic acids is 1. The third kappa shape index (κ3) is 5.39. The fourth-order valence-corrected chi connectivity index (χ4v) is 4.67. The molecule has 0 spiro atoms. The lowest BCUT2D eigenvalue weighted by atomic mass is 9.96. The Balaban J connectivity index is 1.60. The minimum Gasteiger partial charge on any atom is -0.481 e. The standard InChI is InChI=1S/C29H25BrN4O3/c1-19-7-9-21(10-8-19)29-24(18-33(32-29)23-5-3-2-4-6-23)26-17-25(20-11-13-22(30)14-12-20)31-34(26)27(35)15-16-28(36)37/h2-14,18,26H,15-17H2,1H3,(H,36,37). The van der Waals surface area contributed by atoms with Crippen LogP contribution in [-0.2, 0) is 9.59 Å². The molecule has 1 unspecified atom stereocenters.